The van der Waals surface area contributed by atoms with E-state index in [1.165, 1.54) is 19.1 Å². The molecule has 2 aromatic rings. The van der Waals surface area contributed by atoms with Gasteiger partial charge in [0.25, 0.3) is 0 Å². The van der Waals surface area contributed by atoms with E-state index in [2.05, 4.69) is 24.7 Å². The molecule has 0 bridgehead atoms. The third-order valence-electron chi connectivity index (χ3n) is 2.87. The molecule has 0 saturated carbocycles. The van der Waals surface area contributed by atoms with Crippen molar-refractivity contribution >= 4 is 23.4 Å². The second-order valence-electron chi connectivity index (χ2n) is 4.20. The smallest absolute Gasteiger partial charge is 0.325 e. The van der Waals surface area contributed by atoms with E-state index >= 15 is 0 Å². The van der Waals surface area contributed by atoms with Gasteiger partial charge < -0.3 is 14.4 Å². The maximum Gasteiger partial charge on any atom is 0.325 e. The Labute approximate surface area is 120 Å². The van der Waals surface area contributed by atoms with Crippen LogP contribution in [0.15, 0.2) is 12.4 Å². The van der Waals surface area contributed by atoms with Gasteiger partial charge in [-0.05, 0) is 6.92 Å². The third kappa shape index (κ3) is 3.07. The Balaban J connectivity index is 2.42. The molecule has 2 heterocycles. The summed E-state index contributed by atoms with van der Waals surface area (Å²) in [4.78, 5) is 28.7. The molecule has 0 fully saturated rings. The van der Waals surface area contributed by atoms with Gasteiger partial charge in [-0.2, -0.15) is 0 Å². The van der Waals surface area contributed by atoms with Crippen LogP contribution in [-0.4, -0.2) is 58.8 Å². The zero-order valence-corrected chi connectivity index (χ0v) is 11.9. The number of nitrogens with zero attached hydrogens (tertiary/aromatic N) is 5. The number of fused-ring (bicyclic) bond motifs is 1. The highest BCUT2D eigenvalue weighted by molar-refractivity contribution is 5.83. The summed E-state index contributed by atoms with van der Waals surface area (Å²) in [5, 5.41) is 7.96. The Morgan fingerprint density at radius 2 is 1.81 bits per heavy atom. The van der Waals surface area contributed by atoms with Crippen LogP contribution in [0.5, 0.6) is 0 Å². The predicted octanol–water partition coefficient (Wildman–Crippen LogP) is -0.415. The fourth-order valence-corrected chi connectivity index (χ4v) is 1.80. The molecule has 112 valence electrons. The summed E-state index contributed by atoms with van der Waals surface area (Å²) >= 11 is 0. The van der Waals surface area contributed by atoms with E-state index in [0.29, 0.717) is 17.3 Å². The lowest BCUT2D eigenvalue weighted by atomic mass is 10.4. The molecule has 0 atom stereocenters. The fraction of sp³-hybridized carbons (Fsp3) is 0.417. The monoisotopic (exact) mass is 293 g/mol. The van der Waals surface area contributed by atoms with Gasteiger partial charge in [-0.15, -0.1) is 10.2 Å². The number of esters is 2. The summed E-state index contributed by atoms with van der Waals surface area (Å²) in [5.74, 6) is 0.0246. The summed E-state index contributed by atoms with van der Waals surface area (Å²) in [7, 11) is 2.54. The van der Waals surface area contributed by atoms with E-state index in [1.807, 2.05) is 0 Å². The van der Waals surface area contributed by atoms with Crippen LogP contribution in [0, 0.1) is 6.92 Å². The summed E-state index contributed by atoms with van der Waals surface area (Å²) in [6, 6.07) is 0. The molecular weight excluding hydrogens is 278 g/mol. The van der Waals surface area contributed by atoms with Gasteiger partial charge in [-0.1, -0.05) is 0 Å². The van der Waals surface area contributed by atoms with Crippen LogP contribution in [0.3, 0.4) is 0 Å². The fourth-order valence-electron chi connectivity index (χ4n) is 1.80. The number of methoxy groups -OCH3 is 2. The minimum absolute atomic E-state index is 0.149. The van der Waals surface area contributed by atoms with E-state index in [0.717, 1.165) is 0 Å². The number of aryl methyl sites for hydroxylation is 1. The van der Waals surface area contributed by atoms with E-state index in [-0.39, 0.29) is 13.1 Å². The molecule has 0 N–H and O–H groups in total. The zero-order chi connectivity index (χ0) is 15.4. The van der Waals surface area contributed by atoms with Crippen molar-refractivity contribution in [2.75, 3.05) is 32.2 Å². The van der Waals surface area contributed by atoms with Gasteiger partial charge in [0, 0.05) is 12.4 Å². The van der Waals surface area contributed by atoms with Crippen molar-refractivity contribution in [1.29, 1.82) is 0 Å². The molecule has 0 saturated heterocycles. The number of rotatable bonds is 5. The SMILES string of the molecule is COC(=O)CN(CC(=O)OC)c1nccn2c(C)nnc12. The van der Waals surface area contributed by atoms with Crippen LogP contribution in [0.25, 0.3) is 5.65 Å². The van der Waals surface area contributed by atoms with Gasteiger partial charge >= 0.3 is 11.9 Å². The van der Waals surface area contributed by atoms with Gasteiger partial charge in [0.05, 0.1) is 14.2 Å². The van der Waals surface area contributed by atoms with Crippen LogP contribution in [0.2, 0.25) is 0 Å². The first-order valence-electron chi connectivity index (χ1n) is 6.11. The first-order chi connectivity index (χ1) is 10.1. The van der Waals surface area contributed by atoms with Crippen LogP contribution >= 0.6 is 0 Å². The molecule has 0 unspecified atom stereocenters. The normalized spacial score (nSPS) is 10.4. The van der Waals surface area contributed by atoms with Crippen molar-refractivity contribution in [3.8, 4) is 0 Å². The molecule has 9 nitrogen and oxygen atoms in total. The number of ether oxygens (including phenoxy) is 2. The van der Waals surface area contributed by atoms with Gasteiger partial charge in [-0.3, -0.25) is 14.0 Å². The van der Waals surface area contributed by atoms with Gasteiger partial charge in [0.15, 0.2) is 5.82 Å². The average Bonchev–Trinajstić information content (AvgIpc) is 2.88. The van der Waals surface area contributed by atoms with Crippen molar-refractivity contribution in [3.63, 3.8) is 0 Å². The first-order valence-corrected chi connectivity index (χ1v) is 6.11. The maximum absolute atomic E-state index is 11.5. The quantitative estimate of drug-likeness (QED) is 0.686. The van der Waals surface area contributed by atoms with Crippen molar-refractivity contribution in [1.82, 2.24) is 19.6 Å². The number of carbonyl (C=O) groups excluding carboxylic acids is 2. The van der Waals surface area contributed by atoms with Crippen molar-refractivity contribution in [3.05, 3.63) is 18.2 Å². The maximum atomic E-state index is 11.5. The van der Waals surface area contributed by atoms with Crippen LogP contribution in [0.4, 0.5) is 5.82 Å². The molecule has 9 heteroatoms. The standard InChI is InChI=1S/C12H15N5O4/c1-8-14-15-12-11(13-4-5-17(8)12)16(6-9(18)20-2)7-10(19)21-3/h4-5H,6-7H2,1-3H3. The molecule has 2 aromatic heterocycles. The molecule has 0 spiro atoms. The van der Waals surface area contributed by atoms with Crippen LogP contribution in [-0.2, 0) is 19.1 Å². The van der Waals surface area contributed by atoms with Crippen molar-refractivity contribution in [2.45, 2.75) is 6.92 Å². The van der Waals surface area contributed by atoms with Gasteiger partial charge in [-0.25, -0.2) is 4.98 Å². The molecule has 0 aliphatic heterocycles. The molecular formula is C12H15N5O4. The number of anilines is 1. The molecule has 0 radical (unpaired) electrons. The highest BCUT2D eigenvalue weighted by Gasteiger charge is 2.21. The minimum Gasteiger partial charge on any atom is -0.468 e. The van der Waals surface area contributed by atoms with Crippen molar-refractivity contribution in [2.24, 2.45) is 0 Å². The Morgan fingerprint density at radius 1 is 1.19 bits per heavy atom. The predicted molar refractivity (Wildman–Crippen MR) is 71.8 cm³/mol. The van der Waals surface area contributed by atoms with Crippen molar-refractivity contribution < 1.29 is 19.1 Å². The number of carbonyl (C=O) groups is 2. The molecule has 21 heavy (non-hydrogen) atoms. The zero-order valence-electron chi connectivity index (χ0n) is 11.9. The Morgan fingerprint density at radius 3 is 2.38 bits per heavy atom. The lowest BCUT2D eigenvalue weighted by Gasteiger charge is -2.20. The Bertz CT molecular complexity index is 651. The van der Waals surface area contributed by atoms with E-state index in [9.17, 15) is 9.59 Å². The van der Waals surface area contributed by atoms with Gasteiger partial charge in [0.1, 0.15) is 18.9 Å². The van der Waals surface area contributed by atoms with Gasteiger partial charge in [0.2, 0.25) is 5.65 Å². The number of aromatic nitrogens is 4. The van der Waals surface area contributed by atoms with E-state index < -0.39 is 11.9 Å². The molecule has 0 aromatic carbocycles. The highest BCUT2D eigenvalue weighted by atomic mass is 16.5. The van der Waals surface area contributed by atoms with E-state index in [1.54, 1.807) is 23.7 Å². The summed E-state index contributed by atoms with van der Waals surface area (Å²) in [6.07, 6.45) is 3.24. The van der Waals surface area contributed by atoms with Crippen LogP contribution in [0.1, 0.15) is 5.82 Å². The highest BCUT2D eigenvalue weighted by Crippen LogP contribution is 2.17. The minimum atomic E-state index is -0.501. The van der Waals surface area contributed by atoms with E-state index in [4.69, 9.17) is 0 Å². The molecule has 0 aliphatic rings. The first kappa shape index (κ1) is 14.7. The number of hydrogen-bond donors (Lipinski definition) is 0. The summed E-state index contributed by atoms with van der Waals surface area (Å²) in [6.45, 7) is 1.49. The third-order valence-corrected chi connectivity index (χ3v) is 2.87. The Kier molecular flexibility index (Phi) is 4.31. The Hall–Kier alpha value is -2.71. The molecule has 2 rings (SSSR count). The summed E-state index contributed by atoms with van der Waals surface area (Å²) in [5.41, 5.74) is 0.447. The lowest BCUT2D eigenvalue weighted by Crippen LogP contribution is -2.36. The second kappa shape index (κ2) is 6.16. The largest absolute Gasteiger partial charge is 0.468 e. The molecule has 0 amide bonds. The summed E-state index contributed by atoms with van der Waals surface area (Å²) < 4.78 is 11.0. The number of hydrogen-bond acceptors (Lipinski definition) is 8. The van der Waals surface area contributed by atoms with Crippen LogP contribution < -0.4 is 4.90 Å². The topological polar surface area (TPSA) is 98.9 Å². The lowest BCUT2D eigenvalue weighted by molar-refractivity contribution is -0.140. The molecule has 0 aliphatic carbocycles. The average molecular weight is 293 g/mol. The second-order valence-corrected chi connectivity index (χ2v) is 4.20.